The maximum Gasteiger partial charge on any atom is 0.144 e. The molecule has 7 nitrogen and oxygen atoms in total. The van der Waals surface area contributed by atoms with Crippen LogP contribution in [-0.4, -0.2) is 56.8 Å². The molecule has 2 rings (SSSR count). The number of carbonyl (C=O) groups excluding carboxylic acids is 1. The van der Waals surface area contributed by atoms with E-state index in [1.54, 1.807) is 0 Å². The van der Waals surface area contributed by atoms with E-state index in [0.717, 1.165) is 58.4 Å². The fourth-order valence-corrected chi connectivity index (χ4v) is 2.62. The maximum absolute atomic E-state index is 11.6. The van der Waals surface area contributed by atoms with Crippen molar-refractivity contribution in [1.29, 1.82) is 0 Å². The molecule has 0 bridgehead atoms. The molecule has 0 aromatic carbocycles. The first-order chi connectivity index (χ1) is 13.4. The van der Waals surface area contributed by atoms with Crippen molar-refractivity contribution in [1.82, 2.24) is 0 Å². The van der Waals surface area contributed by atoms with Crippen LogP contribution >= 0.6 is 0 Å². The summed E-state index contributed by atoms with van der Waals surface area (Å²) in [6, 6.07) is 0. The van der Waals surface area contributed by atoms with Crippen LogP contribution in [0.25, 0.3) is 0 Å². The second-order valence-electron chi connectivity index (χ2n) is 9.06. The number of aldehydes is 1. The van der Waals surface area contributed by atoms with E-state index in [0.29, 0.717) is 5.92 Å². The highest BCUT2D eigenvalue weighted by molar-refractivity contribution is 7.85. The van der Waals surface area contributed by atoms with Crippen LogP contribution in [0.15, 0.2) is 4.40 Å². The fourth-order valence-electron chi connectivity index (χ4n) is 2.02. The predicted octanol–water partition coefficient (Wildman–Crippen LogP) is 2.97. The number of hydrogen-bond acceptors (Lipinski definition) is 5. The summed E-state index contributed by atoms with van der Waals surface area (Å²) in [6.07, 6.45) is 6.73. The Hall–Kier alpha value is -0.480. The SMILES string of the molecule is CC(C)(C)S(=O)N=CC1CCOCC1.CC(C)(C)S(N)=O.O=CC1CCOCC1. The van der Waals surface area contributed by atoms with Gasteiger partial charge in [0.1, 0.15) is 17.3 Å². The van der Waals surface area contributed by atoms with Gasteiger partial charge in [0.15, 0.2) is 0 Å². The average molecular weight is 453 g/mol. The van der Waals surface area contributed by atoms with Crippen molar-refractivity contribution in [3.8, 4) is 0 Å². The summed E-state index contributed by atoms with van der Waals surface area (Å²) in [5.74, 6) is 0.735. The molecule has 0 aliphatic carbocycles. The summed E-state index contributed by atoms with van der Waals surface area (Å²) in [5, 5.41) is 5.04. The van der Waals surface area contributed by atoms with Crippen molar-refractivity contribution in [2.75, 3.05) is 26.4 Å². The standard InChI is InChI=1S/C10H19NO2S.C6H10O2.C4H11NOS/c1-10(2,3)14(12)11-8-9-4-6-13-7-5-9;7-5-6-1-3-8-4-2-6;1-4(2,3)7(5)6/h8-9H,4-7H2,1-3H3;5-6H,1-4H2;5H2,1-3H3. The molecule has 0 aromatic heterocycles. The first kappa shape index (κ1) is 28.5. The van der Waals surface area contributed by atoms with E-state index >= 15 is 0 Å². The smallest absolute Gasteiger partial charge is 0.144 e. The lowest BCUT2D eigenvalue weighted by Crippen LogP contribution is -2.27. The van der Waals surface area contributed by atoms with Crippen LogP contribution in [-0.2, 0) is 36.2 Å². The van der Waals surface area contributed by atoms with Crippen molar-refractivity contribution >= 4 is 34.5 Å². The summed E-state index contributed by atoms with van der Waals surface area (Å²) in [6.45, 7) is 14.5. The Morgan fingerprint density at radius 1 is 0.828 bits per heavy atom. The second-order valence-corrected chi connectivity index (χ2v) is 12.8. The second kappa shape index (κ2) is 14.5. The van der Waals surface area contributed by atoms with Crippen LogP contribution in [0.4, 0.5) is 0 Å². The minimum absolute atomic E-state index is 0.248. The molecule has 0 amide bonds. The Labute approximate surface area is 181 Å². The number of ether oxygens (including phenoxy) is 2. The molecule has 2 saturated heterocycles. The average Bonchev–Trinajstić information content (AvgIpc) is 2.67. The third kappa shape index (κ3) is 15.0. The molecule has 2 atom stereocenters. The zero-order chi connectivity index (χ0) is 22.5. The molecule has 9 heteroatoms. The van der Waals surface area contributed by atoms with Gasteiger partial charge in [0.05, 0.1) is 20.5 Å². The van der Waals surface area contributed by atoms with Crippen molar-refractivity contribution < 1.29 is 22.7 Å². The van der Waals surface area contributed by atoms with Crippen LogP contribution in [0.1, 0.15) is 67.2 Å². The summed E-state index contributed by atoms with van der Waals surface area (Å²) < 4.78 is 35.8. The van der Waals surface area contributed by atoms with E-state index in [-0.39, 0.29) is 15.4 Å². The number of carbonyl (C=O) groups is 1. The Kier molecular flexibility index (Phi) is 14.3. The fraction of sp³-hybridized carbons (Fsp3) is 0.900. The maximum atomic E-state index is 11.6. The Balaban J connectivity index is 0.000000444. The lowest BCUT2D eigenvalue weighted by Gasteiger charge is -2.18. The summed E-state index contributed by atoms with van der Waals surface area (Å²) in [7, 11) is -2.29. The molecule has 2 unspecified atom stereocenters. The minimum atomic E-state index is -1.18. The van der Waals surface area contributed by atoms with Gasteiger partial charge in [-0.05, 0) is 73.1 Å². The zero-order valence-electron chi connectivity index (χ0n) is 18.8. The lowest BCUT2D eigenvalue weighted by molar-refractivity contribution is -0.113. The first-order valence-electron chi connectivity index (χ1n) is 10.1. The minimum Gasteiger partial charge on any atom is -0.381 e. The van der Waals surface area contributed by atoms with Crippen LogP contribution in [0.5, 0.6) is 0 Å². The molecular formula is C20H40N2O5S2. The van der Waals surface area contributed by atoms with E-state index in [1.807, 2.05) is 47.8 Å². The van der Waals surface area contributed by atoms with Gasteiger partial charge in [-0.3, -0.25) is 5.14 Å². The van der Waals surface area contributed by atoms with Crippen LogP contribution < -0.4 is 5.14 Å². The molecule has 2 fully saturated rings. The molecule has 172 valence electrons. The molecule has 2 N–H and O–H groups in total. The van der Waals surface area contributed by atoms with Gasteiger partial charge in [-0.15, -0.1) is 0 Å². The van der Waals surface area contributed by atoms with Crippen LogP contribution in [0, 0.1) is 11.8 Å². The predicted molar refractivity (Wildman–Crippen MR) is 122 cm³/mol. The molecule has 2 aliphatic rings. The van der Waals surface area contributed by atoms with Crippen LogP contribution in [0.3, 0.4) is 0 Å². The molecule has 0 saturated carbocycles. The molecule has 2 aliphatic heterocycles. The highest BCUT2D eigenvalue weighted by Crippen LogP contribution is 2.15. The normalized spacial score (nSPS) is 21.3. The monoisotopic (exact) mass is 452 g/mol. The topological polar surface area (TPSA) is 108 Å². The van der Waals surface area contributed by atoms with Gasteiger partial charge in [-0.25, -0.2) is 8.42 Å². The molecule has 0 spiro atoms. The van der Waals surface area contributed by atoms with Crippen molar-refractivity contribution in [3.63, 3.8) is 0 Å². The van der Waals surface area contributed by atoms with Crippen molar-refractivity contribution in [2.24, 2.45) is 21.4 Å². The largest absolute Gasteiger partial charge is 0.381 e. The molecule has 0 radical (unpaired) electrons. The number of hydrogen-bond donors (Lipinski definition) is 1. The molecule has 2 heterocycles. The third-order valence-electron chi connectivity index (χ3n) is 4.22. The van der Waals surface area contributed by atoms with Crippen LogP contribution in [0.2, 0.25) is 0 Å². The van der Waals surface area contributed by atoms with E-state index in [2.05, 4.69) is 4.40 Å². The van der Waals surface area contributed by atoms with Crippen molar-refractivity contribution in [3.05, 3.63) is 0 Å². The highest BCUT2D eigenvalue weighted by Gasteiger charge is 2.19. The van der Waals surface area contributed by atoms with E-state index in [9.17, 15) is 13.2 Å². The molecule has 0 aromatic rings. The number of nitrogens with two attached hydrogens (primary N) is 1. The van der Waals surface area contributed by atoms with Gasteiger partial charge >= 0.3 is 0 Å². The summed E-state index contributed by atoms with van der Waals surface area (Å²) in [5.41, 5.74) is 0. The van der Waals surface area contributed by atoms with Gasteiger partial charge in [-0.2, -0.15) is 4.40 Å². The zero-order valence-corrected chi connectivity index (χ0v) is 20.5. The number of nitrogens with zero attached hydrogens (tertiary/aromatic N) is 1. The van der Waals surface area contributed by atoms with Crippen molar-refractivity contribution in [2.45, 2.75) is 76.7 Å². The van der Waals surface area contributed by atoms with Gasteiger partial charge < -0.3 is 14.3 Å². The Bertz CT molecular complexity index is 530. The van der Waals surface area contributed by atoms with E-state index in [1.165, 1.54) is 0 Å². The highest BCUT2D eigenvalue weighted by atomic mass is 32.2. The lowest BCUT2D eigenvalue weighted by atomic mass is 10.0. The molecule has 29 heavy (non-hydrogen) atoms. The third-order valence-corrected chi connectivity index (χ3v) is 6.79. The Morgan fingerprint density at radius 3 is 1.48 bits per heavy atom. The van der Waals surface area contributed by atoms with Gasteiger partial charge in [0.2, 0.25) is 0 Å². The quantitative estimate of drug-likeness (QED) is 0.523. The van der Waals surface area contributed by atoms with Gasteiger partial charge in [0, 0.05) is 38.6 Å². The Morgan fingerprint density at radius 2 is 1.21 bits per heavy atom. The summed E-state index contributed by atoms with van der Waals surface area (Å²) >= 11 is 0. The summed E-state index contributed by atoms with van der Waals surface area (Å²) in [4.78, 5) is 10.1. The molecular weight excluding hydrogens is 412 g/mol. The van der Waals surface area contributed by atoms with E-state index in [4.69, 9.17) is 14.6 Å². The van der Waals surface area contributed by atoms with Gasteiger partial charge in [0.25, 0.3) is 0 Å². The first-order valence-corrected chi connectivity index (χ1v) is 12.4. The number of rotatable bonds is 3. The van der Waals surface area contributed by atoms with E-state index < -0.39 is 22.0 Å². The van der Waals surface area contributed by atoms with Gasteiger partial charge in [-0.1, -0.05) is 0 Å².